The molecule has 0 fully saturated rings. The summed E-state index contributed by atoms with van der Waals surface area (Å²) >= 11 is 1.62. The van der Waals surface area contributed by atoms with Crippen molar-refractivity contribution in [3.8, 4) is 22.7 Å². The van der Waals surface area contributed by atoms with Crippen molar-refractivity contribution < 1.29 is 4.42 Å². The van der Waals surface area contributed by atoms with Crippen LogP contribution in [0.15, 0.2) is 58.5 Å². The molecule has 4 rings (SSSR count). The van der Waals surface area contributed by atoms with E-state index in [1.165, 1.54) is 0 Å². The third-order valence-corrected chi connectivity index (χ3v) is 4.49. The van der Waals surface area contributed by atoms with Gasteiger partial charge in [0.25, 0.3) is 0 Å². The van der Waals surface area contributed by atoms with Crippen LogP contribution in [0.2, 0.25) is 0 Å². The molecule has 0 aliphatic carbocycles. The topological polar surface area (TPSA) is 56.5 Å². The van der Waals surface area contributed by atoms with Crippen molar-refractivity contribution in [1.29, 1.82) is 0 Å². The van der Waals surface area contributed by atoms with Crippen molar-refractivity contribution in [2.24, 2.45) is 5.73 Å². The van der Waals surface area contributed by atoms with Crippen LogP contribution < -0.4 is 5.73 Å². The molecule has 0 bridgehead atoms. The van der Waals surface area contributed by atoms with Crippen LogP contribution >= 0.6 is 11.3 Å². The van der Waals surface area contributed by atoms with Crippen LogP contribution in [-0.2, 0) is 6.42 Å². The molecule has 0 radical (unpaired) electrons. The lowest BCUT2D eigenvalue weighted by Crippen LogP contribution is -2.06. The van der Waals surface area contributed by atoms with Crippen LogP contribution in [-0.4, -0.2) is 15.9 Å². The fourth-order valence-electron chi connectivity index (χ4n) is 2.71. The average molecular weight is 309 g/mol. The van der Waals surface area contributed by atoms with Gasteiger partial charge in [0.15, 0.2) is 10.7 Å². The Kier molecular flexibility index (Phi) is 3.29. The number of benzene rings is 1. The number of rotatable bonds is 4. The summed E-state index contributed by atoms with van der Waals surface area (Å²) in [5.74, 6) is 0.849. The Morgan fingerprint density at radius 2 is 2.00 bits per heavy atom. The minimum Gasteiger partial charge on any atom is -0.463 e. The zero-order valence-electron chi connectivity index (χ0n) is 11.9. The van der Waals surface area contributed by atoms with Crippen molar-refractivity contribution >= 4 is 16.3 Å². The molecular formula is C17H15N3OS. The first-order chi connectivity index (χ1) is 10.9. The van der Waals surface area contributed by atoms with E-state index in [9.17, 15) is 0 Å². The van der Waals surface area contributed by atoms with E-state index in [2.05, 4.69) is 21.9 Å². The molecule has 3 aromatic heterocycles. The van der Waals surface area contributed by atoms with Gasteiger partial charge in [-0.05, 0) is 18.7 Å². The molecule has 0 unspecified atom stereocenters. The zero-order valence-corrected chi connectivity index (χ0v) is 12.7. The summed E-state index contributed by atoms with van der Waals surface area (Å²) in [6.45, 7) is 0.584. The van der Waals surface area contributed by atoms with Gasteiger partial charge in [-0.2, -0.15) is 0 Å². The molecule has 110 valence electrons. The predicted molar refractivity (Wildman–Crippen MR) is 89.0 cm³/mol. The summed E-state index contributed by atoms with van der Waals surface area (Å²) in [5.41, 5.74) is 10.1. The Bertz CT molecular complexity index is 891. The molecule has 0 spiro atoms. The maximum Gasteiger partial charge on any atom is 0.195 e. The first-order valence-electron chi connectivity index (χ1n) is 7.16. The minimum atomic E-state index is 0.584. The highest BCUT2D eigenvalue weighted by atomic mass is 32.1. The minimum absolute atomic E-state index is 0.584. The van der Waals surface area contributed by atoms with Crippen LogP contribution in [0.25, 0.3) is 27.7 Å². The third-order valence-electron chi connectivity index (χ3n) is 3.66. The number of imidazole rings is 1. The maximum atomic E-state index is 5.83. The van der Waals surface area contributed by atoms with Crippen LogP contribution in [0.3, 0.4) is 0 Å². The van der Waals surface area contributed by atoms with Gasteiger partial charge in [0, 0.05) is 17.4 Å². The third kappa shape index (κ3) is 2.06. The largest absolute Gasteiger partial charge is 0.463 e. The smallest absolute Gasteiger partial charge is 0.195 e. The molecule has 0 aliphatic rings. The van der Waals surface area contributed by atoms with Gasteiger partial charge < -0.3 is 10.2 Å². The van der Waals surface area contributed by atoms with Gasteiger partial charge in [0.05, 0.1) is 17.7 Å². The molecule has 0 atom stereocenters. The summed E-state index contributed by atoms with van der Waals surface area (Å²) in [6.07, 6.45) is 2.46. The van der Waals surface area contributed by atoms with Gasteiger partial charge in [-0.3, -0.25) is 4.40 Å². The molecule has 2 N–H and O–H groups in total. The van der Waals surface area contributed by atoms with Gasteiger partial charge in [0.1, 0.15) is 5.69 Å². The zero-order chi connectivity index (χ0) is 14.9. The maximum absolute atomic E-state index is 5.83. The number of nitrogens with zero attached hydrogens (tertiary/aromatic N) is 2. The molecular weight excluding hydrogens is 294 g/mol. The molecule has 22 heavy (non-hydrogen) atoms. The second-order valence-corrected chi connectivity index (χ2v) is 5.86. The normalized spacial score (nSPS) is 11.3. The van der Waals surface area contributed by atoms with Crippen LogP contribution in [0, 0.1) is 0 Å². The highest BCUT2D eigenvalue weighted by Gasteiger charge is 2.19. The molecule has 3 heterocycles. The Hall–Kier alpha value is -2.37. The molecule has 4 nitrogen and oxygen atoms in total. The van der Waals surface area contributed by atoms with Crippen LogP contribution in [0.1, 0.15) is 5.69 Å². The van der Waals surface area contributed by atoms with Gasteiger partial charge in [-0.15, -0.1) is 11.3 Å². The van der Waals surface area contributed by atoms with Gasteiger partial charge in [-0.25, -0.2) is 4.98 Å². The standard InChI is InChI=1S/C17H15N3OS/c18-9-8-13-16(12-5-2-1-3-6-12)19-17-20(13)14(11-22-17)15-7-4-10-21-15/h1-7,10-11H,8-9,18H2. The Labute approximate surface area is 131 Å². The first-order valence-corrected chi connectivity index (χ1v) is 8.04. The van der Waals surface area contributed by atoms with E-state index in [-0.39, 0.29) is 0 Å². The van der Waals surface area contributed by atoms with E-state index in [0.717, 1.165) is 39.8 Å². The lowest BCUT2D eigenvalue weighted by atomic mass is 10.1. The number of hydrogen-bond donors (Lipinski definition) is 1. The molecule has 0 saturated heterocycles. The number of thiazole rings is 1. The van der Waals surface area contributed by atoms with E-state index in [4.69, 9.17) is 15.1 Å². The van der Waals surface area contributed by atoms with Gasteiger partial charge in [-0.1, -0.05) is 30.3 Å². The van der Waals surface area contributed by atoms with Gasteiger partial charge >= 0.3 is 0 Å². The summed E-state index contributed by atoms with van der Waals surface area (Å²) in [6, 6.07) is 14.1. The number of furan rings is 1. The molecule has 5 heteroatoms. The summed E-state index contributed by atoms with van der Waals surface area (Å²) in [4.78, 5) is 5.78. The van der Waals surface area contributed by atoms with E-state index >= 15 is 0 Å². The molecule has 1 aromatic carbocycles. The quantitative estimate of drug-likeness (QED) is 0.623. The van der Waals surface area contributed by atoms with Crippen molar-refractivity contribution in [2.75, 3.05) is 6.54 Å². The molecule has 0 amide bonds. The Morgan fingerprint density at radius 1 is 1.14 bits per heavy atom. The fraction of sp³-hybridized carbons (Fsp3) is 0.118. The van der Waals surface area contributed by atoms with Crippen molar-refractivity contribution in [1.82, 2.24) is 9.38 Å². The predicted octanol–water partition coefficient (Wildman–Crippen LogP) is 3.82. The highest BCUT2D eigenvalue weighted by Crippen LogP contribution is 2.33. The highest BCUT2D eigenvalue weighted by molar-refractivity contribution is 7.15. The number of aromatic nitrogens is 2. The van der Waals surface area contributed by atoms with Crippen molar-refractivity contribution in [2.45, 2.75) is 6.42 Å². The lowest BCUT2D eigenvalue weighted by Gasteiger charge is -2.05. The summed E-state index contributed by atoms with van der Waals surface area (Å²) in [7, 11) is 0. The monoisotopic (exact) mass is 309 g/mol. The number of hydrogen-bond acceptors (Lipinski definition) is 4. The van der Waals surface area contributed by atoms with E-state index in [1.807, 2.05) is 30.3 Å². The second-order valence-electron chi connectivity index (χ2n) is 5.03. The van der Waals surface area contributed by atoms with Crippen molar-refractivity contribution in [3.05, 3.63) is 59.8 Å². The molecule has 0 saturated carbocycles. The number of nitrogens with two attached hydrogens (primary N) is 1. The van der Waals surface area contributed by atoms with Crippen molar-refractivity contribution in [3.63, 3.8) is 0 Å². The van der Waals surface area contributed by atoms with Gasteiger partial charge in [0.2, 0.25) is 0 Å². The lowest BCUT2D eigenvalue weighted by molar-refractivity contribution is 0.579. The van der Waals surface area contributed by atoms with Crippen LogP contribution in [0.4, 0.5) is 0 Å². The first kappa shape index (κ1) is 13.3. The van der Waals surface area contributed by atoms with E-state index in [0.29, 0.717) is 6.54 Å². The second kappa shape index (κ2) is 5.44. The fourth-order valence-corrected chi connectivity index (χ4v) is 3.60. The molecule has 0 aliphatic heterocycles. The van der Waals surface area contributed by atoms with Crippen LogP contribution in [0.5, 0.6) is 0 Å². The Morgan fingerprint density at radius 3 is 2.73 bits per heavy atom. The average Bonchev–Trinajstić information content (AvgIpc) is 3.25. The Balaban J connectivity index is 1.98. The van der Waals surface area contributed by atoms with E-state index in [1.54, 1.807) is 17.6 Å². The molecule has 4 aromatic rings. The van der Waals surface area contributed by atoms with E-state index < -0.39 is 0 Å². The summed E-state index contributed by atoms with van der Waals surface area (Å²) in [5, 5.41) is 2.08. The SMILES string of the molecule is NCCc1c(-c2ccccc2)nc2scc(-c3ccco3)n12. The summed E-state index contributed by atoms with van der Waals surface area (Å²) < 4.78 is 7.73. The number of fused-ring (bicyclic) bond motifs is 1.